The monoisotopic (exact) mass is 372 g/mol. The number of rotatable bonds is 6. The number of para-hydroxylation sites is 1. The zero-order chi connectivity index (χ0) is 18.5. The molecule has 0 radical (unpaired) electrons. The summed E-state index contributed by atoms with van der Waals surface area (Å²) < 4.78 is 16.9. The minimum Gasteiger partial charge on any atom is -0.463 e. The first kappa shape index (κ1) is 17.8. The Morgan fingerprint density at radius 1 is 1.15 bits per heavy atom. The van der Waals surface area contributed by atoms with Crippen molar-refractivity contribution >= 4 is 23.7 Å². The van der Waals surface area contributed by atoms with E-state index < -0.39 is 11.9 Å². The van der Waals surface area contributed by atoms with Crippen molar-refractivity contribution in [2.75, 3.05) is 13.4 Å². The number of carbonyl (C=O) groups excluding carboxylic acids is 2. The van der Waals surface area contributed by atoms with Crippen LogP contribution in [-0.2, 0) is 16.1 Å². The van der Waals surface area contributed by atoms with Crippen LogP contribution < -0.4 is 0 Å². The number of hydrogen-bond acceptors (Lipinski definition) is 7. The molecule has 1 aromatic carbocycles. The Hall–Kier alpha value is -3.00. The van der Waals surface area contributed by atoms with E-state index >= 15 is 0 Å². The van der Waals surface area contributed by atoms with E-state index in [1.54, 1.807) is 10.6 Å². The van der Waals surface area contributed by atoms with Gasteiger partial charge in [0.05, 0.1) is 13.3 Å². The quantitative estimate of drug-likeness (QED) is 0.485. The van der Waals surface area contributed by atoms with E-state index in [0.717, 1.165) is 5.69 Å². The first-order chi connectivity index (χ1) is 12.6. The number of ether oxygens (including phenoxy) is 2. The van der Waals surface area contributed by atoms with Gasteiger partial charge < -0.3 is 13.9 Å². The summed E-state index contributed by atoms with van der Waals surface area (Å²) in [6, 6.07) is 12.4. The molecule has 26 heavy (non-hydrogen) atoms. The molecule has 0 saturated heterocycles. The van der Waals surface area contributed by atoms with Gasteiger partial charge in [-0.2, -0.15) is 0 Å². The van der Waals surface area contributed by atoms with E-state index in [0.29, 0.717) is 16.6 Å². The van der Waals surface area contributed by atoms with Crippen molar-refractivity contribution in [3.8, 4) is 5.69 Å². The van der Waals surface area contributed by atoms with Crippen LogP contribution in [-0.4, -0.2) is 34.9 Å². The van der Waals surface area contributed by atoms with Crippen molar-refractivity contribution in [3.05, 3.63) is 65.9 Å². The van der Waals surface area contributed by atoms with Crippen molar-refractivity contribution < 1.29 is 23.5 Å². The van der Waals surface area contributed by atoms with Crippen LogP contribution >= 0.6 is 11.8 Å². The summed E-state index contributed by atoms with van der Waals surface area (Å²) in [7, 11) is 1.26. The number of aromatic nitrogens is 2. The molecule has 0 bridgehead atoms. The second-order valence-electron chi connectivity index (χ2n) is 5.13. The minimum atomic E-state index is -0.589. The van der Waals surface area contributed by atoms with Crippen molar-refractivity contribution in [1.82, 2.24) is 9.55 Å². The molecule has 0 unspecified atom stereocenters. The van der Waals surface area contributed by atoms with E-state index in [4.69, 9.17) is 9.15 Å². The second kappa shape index (κ2) is 7.92. The molecule has 0 aliphatic rings. The van der Waals surface area contributed by atoms with Crippen LogP contribution in [0.1, 0.15) is 26.8 Å². The normalized spacial score (nSPS) is 10.5. The van der Waals surface area contributed by atoms with Gasteiger partial charge in [0.2, 0.25) is 5.76 Å². The fraction of sp³-hybridized carbons (Fsp3) is 0.167. The molecule has 0 fully saturated rings. The smallest absolute Gasteiger partial charge is 0.373 e. The van der Waals surface area contributed by atoms with Crippen LogP contribution in [0, 0.1) is 0 Å². The van der Waals surface area contributed by atoms with Gasteiger partial charge in [-0.25, -0.2) is 14.6 Å². The molecule has 134 valence electrons. The second-order valence-corrected chi connectivity index (χ2v) is 5.91. The number of thioether (sulfide) groups is 1. The lowest BCUT2D eigenvalue weighted by molar-refractivity contribution is 0.0428. The Kier molecular flexibility index (Phi) is 5.43. The third kappa shape index (κ3) is 3.65. The first-order valence-electron chi connectivity index (χ1n) is 7.65. The summed E-state index contributed by atoms with van der Waals surface area (Å²) in [6.07, 6.45) is 3.36. The van der Waals surface area contributed by atoms with E-state index in [9.17, 15) is 9.59 Å². The van der Waals surface area contributed by atoms with E-state index in [2.05, 4.69) is 9.72 Å². The van der Waals surface area contributed by atoms with Gasteiger partial charge in [-0.15, -0.1) is 0 Å². The third-order valence-electron chi connectivity index (χ3n) is 3.53. The van der Waals surface area contributed by atoms with Gasteiger partial charge in [-0.3, -0.25) is 4.57 Å². The Balaban J connectivity index is 1.77. The fourth-order valence-corrected chi connectivity index (χ4v) is 2.87. The standard InChI is InChI=1S/C18H16N2O5S/c1-23-17(22)15-9-8-13(25-15)11-24-16(21)14-10-19-18(26-2)20(14)12-6-4-3-5-7-12/h3-10H,11H2,1-2H3. The predicted molar refractivity (Wildman–Crippen MR) is 94.5 cm³/mol. The van der Waals surface area contributed by atoms with Crippen LogP contribution in [0.5, 0.6) is 0 Å². The molecule has 0 N–H and O–H groups in total. The number of nitrogens with zero attached hydrogens (tertiary/aromatic N) is 2. The molecular formula is C18H16N2O5S. The maximum Gasteiger partial charge on any atom is 0.373 e. The maximum absolute atomic E-state index is 12.5. The molecule has 0 atom stereocenters. The summed E-state index contributed by atoms with van der Waals surface area (Å²) in [5.41, 5.74) is 1.12. The molecular weight excluding hydrogens is 356 g/mol. The topological polar surface area (TPSA) is 83.6 Å². The Bertz CT molecular complexity index is 917. The summed E-state index contributed by atoms with van der Waals surface area (Å²) >= 11 is 1.43. The zero-order valence-electron chi connectivity index (χ0n) is 14.2. The van der Waals surface area contributed by atoms with E-state index in [1.165, 1.54) is 31.1 Å². The number of methoxy groups -OCH3 is 1. The summed E-state index contributed by atoms with van der Waals surface area (Å²) in [4.78, 5) is 28.2. The summed E-state index contributed by atoms with van der Waals surface area (Å²) in [5.74, 6) is -0.737. The van der Waals surface area contributed by atoms with Crippen molar-refractivity contribution in [2.45, 2.75) is 11.8 Å². The molecule has 2 aromatic heterocycles. The van der Waals surface area contributed by atoms with Crippen molar-refractivity contribution in [2.24, 2.45) is 0 Å². The minimum absolute atomic E-state index is 0.0533. The van der Waals surface area contributed by atoms with E-state index in [1.807, 2.05) is 36.6 Å². The molecule has 2 heterocycles. The number of furan rings is 1. The molecule has 0 aliphatic heterocycles. The maximum atomic E-state index is 12.5. The first-order valence-corrected chi connectivity index (χ1v) is 8.88. The largest absolute Gasteiger partial charge is 0.463 e. The highest BCUT2D eigenvalue weighted by molar-refractivity contribution is 7.98. The SMILES string of the molecule is COC(=O)c1ccc(COC(=O)c2cnc(SC)n2-c2ccccc2)o1. The highest BCUT2D eigenvalue weighted by Crippen LogP contribution is 2.22. The van der Waals surface area contributed by atoms with Gasteiger partial charge in [-0.1, -0.05) is 30.0 Å². The molecule has 0 aliphatic carbocycles. The molecule has 0 spiro atoms. The zero-order valence-corrected chi connectivity index (χ0v) is 15.0. The number of benzene rings is 1. The lowest BCUT2D eigenvalue weighted by atomic mass is 10.3. The Labute approximate surface area is 153 Å². The van der Waals surface area contributed by atoms with Gasteiger partial charge in [0, 0.05) is 5.69 Å². The van der Waals surface area contributed by atoms with Crippen molar-refractivity contribution in [1.29, 1.82) is 0 Å². The average molecular weight is 372 g/mol. The van der Waals surface area contributed by atoms with Gasteiger partial charge in [0.25, 0.3) is 0 Å². The van der Waals surface area contributed by atoms with Crippen LogP contribution in [0.15, 0.2) is 58.2 Å². The van der Waals surface area contributed by atoms with E-state index in [-0.39, 0.29) is 12.4 Å². The van der Waals surface area contributed by atoms with Crippen molar-refractivity contribution in [3.63, 3.8) is 0 Å². The van der Waals surface area contributed by atoms with Gasteiger partial charge in [0.1, 0.15) is 12.4 Å². The predicted octanol–water partition coefficient (Wildman–Crippen LogP) is 3.33. The molecule has 3 aromatic rings. The number of imidazole rings is 1. The van der Waals surface area contributed by atoms with Crippen LogP contribution in [0.3, 0.4) is 0 Å². The Morgan fingerprint density at radius 2 is 1.92 bits per heavy atom. The molecule has 0 amide bonds. The summed E-state index contributed by atoms with van der Waals surface area (Å²) in [5, 5.41) is 0.675. The fourth-order valence-electron chi connectivity index (χ4n) is 2.33. The van der Waals surface area contributed by atoms with Gasteiger partial charge in [-0.05, 0) is 30.5 Å². The Morgan fingerprint density at radius 3 is 2.62 bits per heavy atom. The molecule has 7 nitrogen and oxygen atoms in total. The summed E-state index contributed by atoms with van der Waals surface area (Å²) in [6.45, 7) is -0.107. The number of esters is 2. The van der Waals surface area contributed by atoms with Gasteiger partial charge >= 0.3 is 11.9 Å². The van der Waals surface area contributed by atoms with Gasteiger partial charge in [0.15, 0.2) is 10.9 Å². The molecule has 8 heteroatoms. The highest BCUT2D eigenvalue weighted by Gasteiger charge is 2.20. The van der Waals surface area contributed by atoms with Crippen LogP contribution in [0.25, 0.3) is 5.69 Å². The molecule has 0 saturated carbocycles. The number of carbonyl (C=O) groups is 2. The van der Waals surface area contributed by atoms with Crippen LogP contribution in [0.4, 0.5) is 0 Å². The van der Waals surface area contributed by atoms with Crippen LogP contribution in [0.2, 0.25) is 0 Å². The number of hydrogen-bond donors (Lipinski definition) is 0. The third-order valence-corrected chi connectivity index (χ3v) is 4.18. The lowest BCUT2D eigenvalue weighted by Crippen LogP contribution is -2.11. The highest BCUT2D eigenvalue weighted by atomic mass is 32.2. The average Bonchev–Trinajstić information content (AvgIpc) is 3.33. The lowest BCUT2D eigenvalue weighted by Gasteiger charge is -2.10. The molecule has 3 rings (SSSR count).